The summed E-state index contributed by atoms with van der Waals surface area (Å²) < 4.78 is 10.5. The van der Waals surface area contributed by atoms with Gasteiger partial charge in [0.15, 0.2) is 0 Å². The zero-order valence-corrected chi connectivity index (χ0v) is 21.2. The first-order valence-corrected chi connectivity index (χ1v) is 13.8. The molecule has 1 fully saturated rings. The maximum Gasteiger partial charge on any atom is 0.408 e. The van der Waals surface area contributed by atoms with Gasteiger partial charge in [0, 0.05) is 0 Å². The summed E-state index contributed by atoms with van der Waals surface area (Å²) in [6.07, 6.45) is 23.8. The smallest absolute Gasteiger partial charge is 0.408 e. The molecule has 0 saturated heterocycles. The second kappa shape index (κ2) is 19.2. The van der Waals surface area contributed by atoms with E-state index in [1.807, 2.05) is 0 Å². The third-order valence-corrected chi connectivity index (χ3v) is 6.70. The molecule has 0 aromatic rings. The van der Waals surface area contributed by atoms with Gasteiger partial charge in [-0.25, -0.2) is 9.59 Å². The lowest BCUT2D eigenvalue weighted by atomic mass is 9.98. The highest BCUT2D eigenvalue weighted by Gasteiger charge is 2.44. The minimum atomic E-state index is -0.874. The maximum absolute atomic E-state index is 12.6. The van der Waals surface area contributed by atoms with E-state index in [9.17, 15) is 9.59 Å². The summed E-state index contributed by atoms with van der Waals surface area (Å²) >= 11 is 0. The van der Waals surface area contributed by atoms with Crippen molar-refractivity contribution in [3.63, 3.8) is 0 Å². The van der Waals surface area contributed by atoms with Crippen LogP contribution in [-0.2, 0) is 14.3 Å². The SMILES string of the molecule is CCCCCCCCCCCCCCCCCCOC(=O)C1(NC(=O)OCC)CCCC1. The first-order valence-electron chi connectivity index (χ1n) is 13.8. The Morgan fingerprint density at radius 2 is 1.09 bits per heavy atom. The summed E-state index contributed by atoms with van der Waals surface area (Å²) in [5, 5.41) is 2.76. The van der Waals surface area contributed by atoms with Crippen LogP contribution in [0.2, 0.25) is 0 Å². The molecule has 0 unspecified atom stereocenters. The third-order valence-electron chi connectivity index (χ3n) is 6.70. The van der Waals surface area contributed by atoms with Gasteiger partial charge in [-0.2, -0.15) is 0 Å². The molecule has 5 heteroatoms. The molecule has 1 amide bonds. The van der Waals surface area contributed by atoms with Crippen molar-refractivity contribution in [2.75, 3.05) is 13.2 Å². The van der Waals surface area contributed by atoms with Gasteiger partial charge < -0.3 is 14.8 Å². The minimum Gasteiger partial charge on any atom is -0.464 e. The summed E-state index contributed by atoms with van der Waals surface area (Å²) in [4.78, 5) is 24.4. The monoisotopic (exact) mass is 453 g/mol. The lowest BCUT2D eigenvalue weighted by Gasteiger charge is -2.27. The number of rotatable bonds is 20. The minimum absolute atomic E-state index is 0.288. The molecule has 0 aromatic heterocycles. The second-order valence-corrected chi connectivity index (χ2v) is 9.57. The number of alkyl carbamates (subject to hydrolysis) is 1. The Labute approximate surface area is 197 Å². The van der Waals surface area contributed by atoms with E-state index >= 15 is 0 Å². The first-order chi connectivity index (χ1) is 15.6. The third kappa shape index (κ3) is 13.3. The van der Waals surface area contributed by atoms with E-state index in [0.717, 1.165) is 25.7 Å². The number of hydrogen-bond donors (Lipinski definition) is 1. The van der Waals surface area contributed by atoms with E-state index < -0.39 is 11.6 Å². The molecular formula is C27H51NO4. The van der Waals surface area contributed by atoms with Crippen LogP contribution >= 0.6 is 0 Å². The summed E-state index contributed by atoms with van der Waals surface area (Å²) in [5.41, 5.74) is -0.874. The molecular weight excluding hydrogens is 402 g/mol. The van der Waals surface area contributed by atoms with Crippen LogP contribution in [0.5, 0.6) is 0 Å². The van der Waals surface area contributed by atoms with Crippen molar-refractivity contribution < 1.29 is 19.1 Å². The Morgan fingerprint density at radius 1 is 0.656 bits per heavy atom. The molecule has 0 bridgehead atoms. The van der Waals surface area contributed by atoms with Gasteiger partial charge in [0.1, 0.15) is 5.54 Å². The van der Waals surface area contributed by atoms with Crippen LogP contribution in [0, 0.1) is 0 Å². The normalized spacial score (nSPS) is 14.9. The van der Waals surface area contributed by atoms with Crippen molar-refractivity contribution in [1.82, 2.24) is 5.32 Å². The molecule has 1 aliphatic rings. The number of amides is 1. The van der Waals surface area contributed by atoms with Crippen LogP contribution in [0.25, 0.3) is 0 Å². The van der Waals surface area contributed by atoms with Gasteiger partial charge in [-0.15, -0.1) is 0 Å². The molecule has 5 nitrogen and oxygen atoms in total. The van der Waals surface area contributed by atoms with Crippen molar-refractivity contribution in [2.24, 2.45) is 0 Å². The van der Waals surface area contributed by atoms with Crippen molar-refractivity contribution in [3.05, 3.63) is 0 Å². The molecule has 188 valence electrons. The van der Waals surface area contributed by atoms with Crippen molar-refractivity contribution in [3.8, 4) is 0 Å². The predicted octanol–water partition coefficient (Wildman–Crippen LogP) is 7.85. The van der Waals surface area contributed by atoms with Gasteiger partial charge in [0.05, 0.1) is 13.2 Å². The van der Waals surface area contributed by atoms with Crippen molar-refractivity contribution in [2.45, 2.75) is 148 Å². The number of ether oxygens (including phenoxy) is 2. The molecule has 0 aromatic carbocycles. The lowest BCUT2D eigenvalue weighted by Crippen LogP contribution is -2.53. The van der Waals surface area contributed by atoms with Gasteiger partial charge >= 0.3 is 12.1 Å². The van der Waals surface area contributed by atoms with Crippen molar-refractivity contribution >= 4 is 12.1 Å². The highest BCUT2D eigenvalue weighted by atomic mass is 16.6. The van der Waals surface area contributed by atoms with E-state index in [0.29, 0.717) is 26.1 Å². The fraction of sp³-hybridized carbons (Fsp3) is 0.926. The Kier molecular flexibility index (Phi) is 17.3. The van der Waals surface area contributed by atoms with E-state index in [1.54, 1.807) is 6.92 Å². The van der Waals surface area contributed by atoms with E-state index in [-0.39, 0.29) is 5.97 Å². The van der Waals surface area contributed by atoms with Gasteiger partial charge in [-0.3, -0.25) is 0 Å². The molecule has 1 rings (SSSR count). The highest BCUT2D eigenvalue weighted by molar-refractivity contribution is 5.86. The molecule has 0 aliphatic heterocycles. The number of nitrogens with one attached hydrogen (secondary N) is 1. The topological polar surface area (TPSA) is 64.6 Å². The molecule has 0 spiro atoms. The summed E-state index contributed by atoms with van der Waals surface area (Å²) in [6.45, 7) is 4.79. The van der Waals surface area contributed by atoms with Crippen LogP contribution in [0.3, 0.4) is 0 Å². The van der Waals surface area contributed by atoms with Crippen LogP contribution in [0.4, 0.5) is 4.79 Å². The molecule has 1 aliphatic carbocycles. The zero-order valence-electron chi connectivity index (χ0n) is 21.2. The molecule has 0 radical (unpaired) electrons. The Bertz CT molecular complexity index is 474. The fourth-order valence-corrected chi connectivity index (χ4v) is 4.67. The van der Waals surface area contributed by atoms with Gasteiger partial charge in [0.25, 0.3) is 0 Å². The fourth-order valence-electron chi connectivity index (χ4n) is 4.67. The van der Waals surface area contributed by atoms with E-state index in [1.165, 1.54) is 89.9 Å². The largest absolute Gasteiger partial charge is 0.464 e. The van der Waals surface area contributed by atoms with E-state index in [4.69, 9.17) is 9.47 Å². The number of carbonyl (C=O) groups excluding carboxylic acids is 2. The molecule has 1 saturated carbocycles. The Morgan fingerprint density at radius 3 is 1.53 bits per heavy atom. The highest BCUT2D eigenvalue weighted by Crippen LogP contribution is 2.31. The number of hydrogen-bond acceptors (Lipinski definition) is 4. The van der Waals surface area contributed by atoms with Gasteiger partial charge in [-0.05, 0) is 26.2 Å². The Balaban J connectivity index is 1.93. The summed E-state index contributed by atoms with van der Waals surface area (Å²) in [5.74, 6) is -0.288. The zero-order chi connectivity index (χ0) is 23.3. The first kappa shape index (κ1) is 28.8. The lowest BCUT2D eigenvalue weighted by molar-refractivity contribution is -0.151. The van der Waals surface area contributed by atoms with Crippen molar-refractivity contribution in [1.29, 1.82) is 0 Å². The van der Waals surface area contributed by atoms with Crippen LogP contribution < -0.4 is 5.32 Å². The van der Waals surface area contributed by atoms with Gasteiger partial charge in [0.2, 0.25) is 0 Å². The standard InChI is InChI=1S/C27H51NO4/c1-3-5-6-7-8-9-10-11-12-13-14-15-16-17-18-21-24-32-25(29)27(22-19-20-23-27)28-26(30)31-4-2/h3-24H2,1-2H3,(H,28,30). The summed E-state index contributed by atoms with van der Waals surface area (Å²) in [6, 6.07) is 0. The maximum atomic E-state index is 12.6. The number of unbranched alkanes of at least 4 members (excludes halogenated alkanes) is 15. The van der Waals surface area contributed by atoms with Crippen LogP contribution in [0.1, 0.15) is 142 Å². The molecule has 0 atom stereocenters. The molecule has 0 heterocycles. The average Bonchev–Trinajstić information content (AvgIpc) is 3.25. The molecule has 1 N–H and O–H groups in total. The average molecular weight is 454 g/mol. The van der Waals surface area contributed by atoms with E-state index in [2.05, 4.69) is 12.2 Å². The second-order valence-electron chi connectivity index (χ2n) is 9.57. The molecule has 32 heavy (non-hydrogen) atoms. The van der Waals surface area contributed by atoms with Gasteiger partial charge in [-0.1, -0.05) is 116 Å². The predicted molar refractivity (Wildman–Crippen MR) is 132 cm³/mol. The number of esters is 1. The summed E-state index contributed by atoms with van der Waals surface area (Å²) in [7, 11) is 0. The quantitative estimate of drug-likeness (QED) is 0.150. The van der Waals surface area contributed by atoms with Crippen LogP contribution in [-0.4, -0.2) is 30.8 Å². The van der Waals surface area contributed by atoms with Crippen LogP contribution in [0.15, 0.2) is 0 Å². The number of carbonyl (C=O) groups is 2. The Hall–Kier alpha value is -1.26.